The van der Waals surface area contributed by atoms with Crippen molar-refractivity contribution in [3.63, 3.8) is 0 Å². The van der Waals surface area contributed by atoms with Gasteiger partial charge in [0.1, 0.15) is 0 Å². The minimum absolute atomic E-state index is 0.0305. The summed E-state index contributed by atoms with van der Waals surface area (Å²) in [7, 11) is 4.09. The molecule has 0 radical (unpaired) electrons. The second-order valence-corrected chi connectivity index (χ2v) is 12.0. The van der Waals surface area contributed by atoms with Gasteiger partial charge in [-0.15, -0.1) is 9.24 Å². The fourth-order valence-corrected chi connectivity index (χ4v) is 6.85. The number of methoxy groups -OCH3 is 1. The molecule has 1 aliphatic carbocycles. The van der Waals surface area contributed by atoms with Crippen LogP contribution in [0, 0.1) is 28.6 Å². The molecule has 9 heteroatoms. The van der Waals surface area contributed by atoms with E-state index in [0.29, 0.717) is 23.1 Å². The number of esters is 1. The maximum atomic E-state index is 13.3. The summed E-state index contributed by atoms with van der Waals surface area (Å²) in [6.07, 6.45) is -1.87. The quantitative estimate of drug-likeness (QED) is 0.138. The number of benzene rings is 4. The number of fused-ring (bicyclic) bond motifs is 1. The molecule has 6 rings (SSSR count). The number of nitrogens with zero attached hydrogens (tertiary/aromatic N) is 3. The summed E-state index contributed by atoms with van der Waals surface area (Å²) in [5.41, 5.74) is 5.33. The third-order valence-electron chi connectivity index (χ3n) is 7.72. The van der Waals surface area contributed by atoms with E-state index in [0.717, 1.165) is 43.5 Å². The molecular weight excluding hydrogens is 583 g/mol. The van der Waals surface area contributed by atoms with Crippen molar-refractivity contribution in [3.05, 3.63) is 107 Å². The Morgan fingerprint density at radius 1 is 0.977 bits per heavy atom. The largest absolute Gasteiger partial charge is 0.469 e. The van der Waals surface area contributed by atoms with E-state index < -0.39 is 6.43 Å². The number of nitriles is 2. The van der Waals surface area contributed by atoms with Crippen LogP contribution in [0.1, 0.15) is 41.0 Å². The van der Waals surface area contributed by atoms with Crippen LogP contribution >= 0.6 is 21.2 Å². The monoisotopic (exact) mass is 607 g/mol. The smallest absolute Gasteiger partial charge is 0.309 e. The van der Waals surface area contributed by atoms with E-state index >= 15 is 0 Å². The number of halogens is 2. The van der Waals surface area contributed by atoms with Gasteiger partial charge in [0.2, 0.25) is 0 Å². The van der Waals surface area contributed by atoms with Crippen molar-refractivity contribution >= 4 is 43.4 Å². The number of ether oxygens (including phenoxy) is 1. The highest BCUT2D eigenvalue weighted by Gasteiger charge is 2.45. The lowest BCUT2D eigenvalue weighted by Crippen LogP contribution is -2.04. The van der Waals surface area contributed by atoms with Gasteiger partial charge in [0, 0.05) is 32.5 Å². The Hall–Kier alpha value is -4.49. The third-order valence-corrected chi connectivity index (χ3v) is 9.12. The summed E-state index contributed by atoms with van der Waals surface area (Å²) in [5.74, 6) is -0.400. The molecule has 1 fully saturated rings. The Bertz CT molecular complexity index is 1940. The predicted molar refractivity (Wildman–Crippen MR) is 167 cm³/mol. The van der Waals surface area contributed by atoms with Gasteiger partial charge < -0.3 is 4.74 Å². The number of hydrogen-bond donors (Lipinski definition) is 0. The summed E-state index contributed by atoms with van der Waals surface area (Å²) in [4.78, 5) is 13.0. The van der Waals surface area contributed by atoms with Gasteiger partial charge >= 0.3 is 5.97 Å². The summed E-state index contributed by atoms with van der Waals surface area (Å²) >= 11 is 1.37. The fourth-order valence-electron chi connectivity index (χ4n) is 5.57. The predicted octanol–water partition coefficient (Wildman–Crippen LogP) is 7.99. The molecule has 3 atom stereocenters. The highest BCUT2D eigenvalue weighted by atomic mass is 32.2. The van der Waals surface area contributed by atoms with Crippen molar-refractivity contribution in [2.75, 3.05) is 7.11 Å². The number of aromatic nitrogens is 1. The Morgan fingerprint density at radius 2 is 1.67 bits per heavy atom. The van der Waals surface area contributed by atoms with Gasteiger partial charge in [-0.2, -0.15) is 10.5 Å². The van der Waals surface area contributed by atoms with Crippen LogP contribution in [0.2, 0.25) is 0 Å². The summed E-state index contributed by atoms with van der Waals surface area (Å²) in [6, 6.07) is 29.7. The number of carbonyl (C=O) groups excluding carboxylic acids is 1. The molecule has 212 valence electrons. The maximum Gasteiger partial charge on any atom is 0.309 e. The van der Waals surface area contributed by atoms with Crippen molar-refractivity contribution in [1.82, 2.24) is 3.97 Å². The summed E-state index contributed by atoms with van der Waals surface area (Å²) < 4.78 is 33.6. The van der Waals surface area contributed by atoms with Crippen LogP contribution in [-0.2, 0) is 9.53 Å². The minimum atomic E-state index is -2.57. The number of rotatable bonds is 7. The Labute approximate surface area is 254 Å². The number of hydrogen-bond acceptors (Lipinski definition) is 5. The van der Waals surface area contributed by atoms with E-state index in [9.17, 15) is 24.1 Å². The fraction of sp³-hybridized carbons (Fsp3) is 0.147. The van der Waals surface area contributed by atoms with Crippen LogP contribution in [0.15, 0.2) is 89.8 Å². The molecule has 0 bridgehead atoms. The molecular formula is C34H24F2N3O2PS. The molecule has 0 saturated heterocycles. The molecule has 1 saturated carbocycles. The first-order chi connectivity index (χ1) is 20.8. The van der Waals surface area contributed by atoms with Crippen molar-refractivity contribution in [2.24, 2.45) is 5.92 Å². The van der Waals surface area contributed by atoms with E-state index in [1.165, 1.54) is 31.2 Å². The van der Waals surface area contributed by atoms with Crippen LogP contribution in [0.25, 0.3) is 33.3 Å². The normalized spacial score (nSPS) is 15.7. The van der Waals surface area contributed by atoms with Crippen molar-refractivity contribution in [1.29, 1.82) is 10.5 Å². The second-order valence-electron chi connectivity index (χ2n) is 10.3. The summed E-state index contributed by atoms with van der Waals surface area (Å²) in [5, 5.41) is 22.1. The first kappa shape index (κ1) is 28.6. The van der Waals surface area contributed by atoms with Gasteiger partial charge in [-0.1, -0.05) is 42.5 Å². The van der Waals surface area contributed by atoms with Gasteiger partial charge in [0.05, 0.1) is 47.5 Å². The number of alkyl halides is 2. The van der Waals surface area contributed by atoms with E-state index in [1.54, 1.807) is 30.3 Å². The molecule has 5 nitrogen and oxygen atoms in total. The van der Waals surface area contributed by atoms with E-state index in [2.05, 4.69) is 21.4 Å². The van der Waals surface area contributed by atoms with Gasteiger partial charge in [0.15, 0.2) is 0 Å². The molecule has 3 unspecified atom stereocenters. The molecule has 0 N–H and O–H groups in total. The lowest BCUT2D eigenvalue weighted by molar-refractivity contribution is -0.142. The van der Waals surface area contributed by atoms with E-state index in [4.69, 9.17) is 4.74 Å². The van der Waals surface area contributed by atoms with Crippen LogP contribution < -0.4 is 5.30 Å². The van der Waals surface area contributed by atoms with E-state index in [1.807, 2.05) is 46.4 Å². The lowest BCUT2D eigenvalue weighted by Gasteiger charge is -2.15. The van der Waals surface area contributed by atoms with Crippen LogP contribution in [0.5, 0.6) is 0 Å². The van der Waals surface area contributed by atoms with Gasteiger partial charge in [-0.3, -0.25) is 8.77 Å². The summed E-state index contributed by atoms with van der Waals surface area (Å²) in [6.45, 7) is 0. The van der Waals surface area contributed by atoms with Gasteiger partial charge in [0.25, 0.3) is 6.43 Å². The molecule has 0 amide bonds. The number of carbonyl (C=O) groups is 1. The topological polar surface area (TPSA) is 78.8 Å². The highest BCUT2D eigenvalue weighted by Crippen LogP contribution is 2.51. The zero-order valence-corrected chi connectivity index (χ0v) is 24.9. The van der Waals surface area contributed by atoms with Gasteiger partial charge in [-0.05, 0) is 77.6 Å². The SMILES string of the molecule is COC(=O)C1CC1c1cccc(-c2c(-c3c(C#N)cccc3C#N)c3cc(P)ccc3n2Sc2ccc(C(F)F)cc2)c1. The minimum Gasteiger partial charge on any atom is -0.469 e. The zero-order chi connectivity index (χ0) is 30.2. The molecule has 4 aromatic carbocycles. The first-order valence-electron chi connectivity index (χ1n) is 13.5. The molecule has 5 aromatic rings. The van der Waals surface area contributed by atoms with Crippen molar-refractivity contribution in [2.45, 2.75) is 23.7 Å². The molecule has 1 aromatic heterocycles. The Kier molecular flexibility index (Phi) is 7.75. The average Bonchev–Trinajstić information content (AvgIpc) is 3.78. The average molecular weight is 608 g/mol. The zero-order valence-electron chi connectivity index (χ0n) is 22.9. The molecule has 0 aliphatic heterocycles. The Balaban J connectivity index is 1.64. The van der Waals surface area contributed by atoms with Crippen molar-refractivity contribution < 1.29 is 18.3 Å². The Morgan fingerprint density at radius 3 is 2.33 bits per heavy atom. The van der Waals surface area contributed by atoms with Gasteiger partial charge in [-0.25, -0.2) is 8.78 Å². The molecule has 1 heterocycles. The van der Waals surface area contributed by atoms with Crippen LogP contribution in [0.3, 0.4) is 0 Å². The van der Waals surface area contributed by atoms with Crippen LogP contribution in [-0.4, -0.2) is 17.1 Å². The molecule has 43 heavy (non-hydrogen) atoms. The highest BCUT2D eigenvalue weighted by molar-refractivity contribution is 7.98. The third kappa shape index (κ3) is 5.30. The first-order valence-corrected chi connectivity index (χ1v) is 14.8. The second kappa shape index (κ2) is 11.7. The molecule has 1 aliphatic rings. The standard InChI is InChI=1S/C34H24F2N3O2PS/c1-41-34(40)27-16-26(27)20-4-2-5-21(14-20)32-31(30-22(17-37)6-3-7-23(30)18-38)28-15-24(42)10-13-29(28)39(32)43-25-11-8-19(9-12-25)33(35)36/h2-15,26-27,33H,16,42H2,1H3. The molecule has 0 spiro atoms. The maximum absolute atomic E-state index is 13.3. The van der Waals surface area contributed by atoms with Crippen LogP contribution in [0.4, 0.5) is 8.78 Å². The van der Waals surface area contributed by atoms with Crippen molar-refractivity contribution in [3.8, 4) is 34.5 Å². The lowest BCUT2D eigenvalue weighted by atomic mass is 9.91. The van der Waals surface area contributed by atoms with E-state index in [-0.39, 0.29) is 23.4 Å².